The standard InChI is InChI=1S/C16H19F2N3O2S/c1-10-11(2)21(6-7-23-3)16(19-10)24-9-15(22)20-12-4-5-13(17)14(18)8-12/h4-5,8H,6-7,9H2,1-3H3,(H,20,22). The minimum atomic E-state index is -0.998. The van der Waals surface area contributed by atoms with Crippen molar-refractivity contribution in [3.05, 3.63) is 41.2 Å². The molecule has 5 nitrogen and oxygen atoms in total. The molecular weight excluding hydrogens is 336 g/mol. The number of aryl methyl sites for hydroxylation is 1. The topological polar surface area (TPSA) is 56.1 Å². The van der Waals surface area contributed by atoms with Gasteiger partial charge in [-0.25, -0.2) is 13.8 Å². The zero-order valence-electron chi connectivity index (χ0n) is 13.7. The van der Waals surface area contributed by atoms with E-state index >= 15 is 0 Å². The summed E-state index contributed by atoms with van der Waals surface area (Å²) in [6.45, 7) is 5.06. The summed E-state index contributed by atoms with van der Waals surface area (Å²) in [5, 5.41) is 3.26. The van der Waals surface area contributed by atoms with Crippen molar-refractivity contribution in [2.24, 2.45) is 0 Å². The van der Waals surface area contributed by atoms with Crippen molar-refractivity contribution in [1.29, 1.82) is 0 Å². The number of methoxy groups -OCH3 is 1. The molecule has 0 fully saturated rings. The van der Waals surface area contributed by atoms with Gasteiger partial charge in [0.05, 0.1) is 18.1 Å². The molecule has 0 radical (unpaired) electrons. The molecule has 8 heteroatoms. The predicted octanol–water partition coefficient (Wildman–Crippen LogP) is 3.16. The number of amides is 1. The fourth-order valence-electron chi connectivity index (χ4n) is 2.08. The number of aromatic nitrogens is 2. The van der Waals surface area contributed by atoms with Gasteiger partial charge in [-0.15, -0.1) is 0 Å². The van der Waals surface area contributed by atoms with E-state index in [0.717, 1.165) is 28.7 Å². The Hall–Kier alpha value is -1.93. The van der Waals surface area contributed by atoms with Crippen LogP contribution in [-0.4, -0.2) is 34.9 Å². The van der Waals surface area contributed by atoms with Crippen molar-refractivity contribution in [3.63, 3.8) is 0 Å². The van der Waals surface area contributed by atoms with E-state index in [1.54, 1.807) is 7.11 Å². The second-order valence-electron chi connectivity index (χ2n) is 5.18. The van der Waals surface area contributed by atoms with Crippen LogP contribution in [-0.2, 0) is 16.1 Å². The zero-order chi connectivity index (χ0) is 17.7. The summed E-state index contributed by atoms with van der Waals surface area (Å²) in [6, 6.07) is 3.24. The Balaban J connectivity index is 1.98. The first-order valence-corrected chi connectivity index (χ1v) is 8.31. The number of carbonyl (C=O) groups excluding carboxylic acids is 1. The first-order valence-electron chi connectivity index (χ1n) is 7.32. The second-order valence-corrected chi connectivity index (χ2v) is 6.12. The maximum Gasteiger partial charge on any atom is 0.234 e. The lowest BCUT2D eigenvalue weighted by Gasteiger charge is -2.09. The Kier molecular flexibility index (Phi) is 6.33. The highest BCUT2D eigenvalue weighted by molar-refractivity contribution is 7.99. The number of rotatable bonds is 7. The van der Waals surface area contributed by atoms with Gasteiger partial charge in [-0.2, -0.15) is 0 Å². The van der Waals surface area contributed by atoms with Gasteiger partial charge in [0, 0.05) is 31.1 Å². The molecule has 1 amide bonds. The van der Waals surface area contributed by atoms with Crippen LogP contribution in [0.2, 0.25) is 0 Å². The normalized spacial score (nSPS) is 10.9. The number of thioether (sulfide) groups is 1. The molecule has 0 spiro atoms. The molecule has 0 bridgehead atoms. The van der Waals surface area contributed by atoms with Crippen LogP contribution in [0.5, 0.6) is 0 Å². The third kappa shape index (κ3) is 4.55. The fraction of sp³-hybridized carbons (Fsp3) is 0.375. The molecule has 0 aliphatic rings. The number of hydrogen-bond acceptors (Lipinski definition) is 4. The largest absolute Gasteiger partial charge is 0.383 e. The Morgan fingerprint density at radius 1 is 1.33 bits per heavy atom. The molecule has 1 heterocycles. The smallest absolute Gasteiger partial charge is 0.234 e. The summed E-state index contributed by atoms with van der Waals surface area (Å²) in [5.41, 5.74) is 2.14. The number of ether oxygens (including phenoxy) is 1. The molecule has 0 saturated heterocycles. The van der Waals surface area contributed by atoms with E-state index in [2.05, 4.69) is 10.3 Å². The molecule has 0 aliphatic heterocycles. The van der Waals surface area contributed by atoms with Crippen LogP contribution in [0.4, 0.5) is 14.5 Å². The fourth-order valence-corrected chi connectivity index (χ4v) is 3.00. The van der Waals surface area contributed by atoms with Crippen molar-refractivity contribution >= 4 is 23.4 Å². The highest BCUT2D eigenvalue weighted by Crippen LogP contribution is 2.21. The highest BCUT2D eigenvalue weighted by atomic mass is 32.2. The van der Waals surface area contributed by atoms with Crippen molar-refractivity contribution in [2.75, 3.05) is 24.8 Å². The zero-order valence-corrected chi connectivity index (χ0v) is 14.5. The Morgan fingerprint density at radius 2 is 2.08 bits per heavy atom. The predicted molar refractivity (Wildman–Crippen MR) is 89.3 cm³/mol. The first kappa shape index (κ1) is 18.4. The average molecular weight is 355 g/mol. The molecule has 2 rings (SSSR count). The number of nitrogens with zero attached hydrogens (tertiary/aromatic N) is 2. The third-order valence-corrected chi connectivity index (χ3v) is 4.45. The summed E-state index contributed by atoms with van der Waals surface area (Å²) >= 11 is 1.28. The van der Waals surface area contributed by atoms with Crippen LogP contribution in [0.15, 0.2) is 23.4 Å². The van der Waals surface area contributed by atoms with Crippen molar-refractivity contribution in [1.82, 2.24) is 9.55 Å². The highest BCUT2D eigenvalue weighted by Gasteiger charge is 2.13. The lowest BCUT2D eigenvalue weighted by Crippen LogP contribution is -2.15. The molecule has 2 aromatic rings. The van der Waals surface area contributed by atoms with Crippen LogP contribution >= 0.6 is 11.8 Å². The van der Waals surface area contributed by atoms with Gasteiger partial charge in [0.25, 0.3) is 0 Å². The lowest BCUT2D eigenvalue weighted by atomic mass is 10.3. The van der Waals surface area contributed by atoms with E-state index in [4.69, 9.17) is 4.74 Å². The van der Waals surface area contributed by atoms with Crippen LogP contribution in [0.25, 0.3) is 0 Å². The van der Waals surface area contributed by atoms with Crippen molar-refractivity contribution in [2.45, 2.75) is 25.5 Å². The number of benzene rings is 1. The maximum absolute atomic E-state index is 13.1. The summed E-state index contributed by atoms with van der Waals surface area (Å²) in [5.74, 6) is -2.15. The maximum atomic E-state index is 13.1. The Bertz CT molecular complexity index is 734. The van der Waals surface area contributed by atoms with Gasteiger partial charge in [0.1, 0.15) is 0 Å². The van der Waals surface area contributed by atoms with E-state index in [-0.39, 0.29) is 17.3 Å². The van der Waals surface area contributed by atoms with Crippen molar-refractivity contribution < 1.29 is 18.3 Å². The summed E-state index contributed by atoms with van der Waals surface area (Å²) in [7, 11) is 1.63. The van der Waals surface area contributed by atoms with E-state index < -0.39 is 11.6 Å². The van der Waals surface area contributed by atoms with Crippen LogP contribution < -0.4 is 5.32 Å². The second kappa shape index (κ2) is 8.25. The van der Waals surface area contributed by atoms with Gasteiger partial charge in [-0.3, -0.25) is 4.79 Å². The van der Waals surface area contributed by atoms with Crippen LogP contribution in [0.1, 0.15) is 11.4 Å². The number of carbonyl (C=O) groups is 1. The molecule has 24 heavy (non-hydrogen) atoms. The van der Waals surface area contributed by atoms with Gasteiger partial charge in [-0.1, -0.05) is 11.8 Å². The molecule has 130 valence electrons. The minimum absolute atomic E-state index is 0.113. The molecule has 1 aromatic carbocycles. The van der Waals surface area contributed by atoms with Crippen LogP contribution in [0.3, 0.4) is 0 Å². The monoisotopic (exact) mass is 355 g/mol. The Morgan fingerprint density at radius 3 is 2.75 bits per heavy atom. The number of anilines is 1. The quantitative estimate of drug-likeness (QED) is 0.775. The molecule has 1 N–H and O–H groups in total. The van der Waals surface area contributed by atoms with E-state index in [1.807, 2.05) is 18.4 Å². The average Bonchev–Trinajstić information content (AvgIpc) is 2.81. The Labute approximate surface area is 143 Å². The molecule has 0 saturated carbocycles. The van der Waals surface area contributed by atoms with E-state index in [1.165, 1.54) is 17.8 Å². The van der Waals surface area contributed by atoms with E-state index in [0.29, 0.717) is 13.2 Å². The minimum Gasteiger partial charge on any atom is -0.383 e. The van der Waals surface area contributed by atoms with Gasteiger partial charge >= 0.3 is 0 Å². The molecule has 0 aliphatic carbocycles. The summed E-state index contributed by atoms with van der Waals surface area (Å²) in [4.78, 5) is 16.4. The SMILES string of the molecule is COCCn1c(SCC(=O)Nc2ccc(F)c(F)c2)nc(C)c1C. The van der Waals surface area contributed by atoms with Crippen LogP contribution in [0, 0.1) is 25.5 Å². The molecular formula is C16H19F2N3O2S. The van der Waals surface area contributed by atoms with Gasteiger partial charge in [-0.05, 0) is 26.0 Å². The number of halogens is 2. The summed E-state index contributed by atoms with van der Waals surface area (Å²) < 4.78 is 33.1. The third-order valence-electron chi connectivity index (χ3n) is 3.48. The van der Waals surface area contributed by atoms with Crippen molar-refractivity contribution in [3.8, 4) is 0 Å². The van der Waals surface area contributed by atoms with Gasteiger partial charge in [0.15, 0.2) is 16.8 Å². The number of nitrogens with one attached hydrogen (secondary N) is 1. The molecule has 1 aromatic heterocycles. The first-order chi connectivity index (χ1) is 11.4. The van der Waals surface area contributed by atoms with Gasteiger partial charge < -0.3 is 14.6 Å². The van der Waals surface area contributed by atoms with Gasteiger partial charge in [0.2, 0.25) is 5.91 Å². The number of imidazole rings is 1. The van der Waals surface area contributed by atoms with E-state index in [9.17, 15) is 13.6 Å². The summed E-state index contributed by atoms with van der Waals surface area (Å²) in [6.07, 6.45) is 0. The molecule has 0 atom stereocenters. The molecule has 0 unspecified atom stereocenters. The number of hydrogen-bond donors (Lipinski definition) is 1. The lowest BCUT2D eigenvalue weighted by molar-refractivity contribution is -0.113.